The third-order valence-corrected chi connectivity index (χ3v) is 5.14. The molecule has 0 aliphatic carbocycles. The van der Waals surface area contributed by atoms with Crippen molar-refractivity contribution in [3.05, 3.63) is 52.8 Å². The first kappa shape index (κ1) is 19.1. The van der Waals surface area contributed by atoms with Gasteiger partial charge in [0.2, 0.25) is 5.91 Å². The highest BCUT2D eigenvalue weighted by Gasteiger charge is 2.29. The monoisotopic (exact) mass is 368 g/mol. The smallest absolute Gasteiger partial charge is 0.257 e. The van der Waals surface area contributed by atoms with Crippen LogP contribution in [0.5, 0.6) is 0 Å². The molecule has 1 saturated heterocycles. The molecule has 0 unspecified atom stereocenters. The molecular weight excluding hydrogens is 340 g/mol. The van der Waals surface area contributed by atoms with Crippen LogP contribution in [0.1, 0.15) is 41.2 Å². The Kier molecular flexibility index (Phi) is 5.63. The van der Waals surface area contributed by atoms with E-state index in [-0.39, 0.29) is 17.7 Å². The molecule has 0 bridgehead atoms. The number of nitrogens with zero attached hydrogens (tertiary/aromatic N) is 4. The zero-order chi connectivity index (χ0) is 19.6. The molecule has 144 valence electrons. The minimum Gasteiger partial charge on any atom is -0.339 e. The molecule has 2 amide bonds. The molecule has 1 aliphatic rings. The Balaban J connectivity index is 1.71. The van der Waals surface area contributed by atoms with Gasteiger partial charge in [-0.3, -0.25) is 14.3 Å². The molecule has 1 aromatic heterocycles. The minimum atomic E-state index is -0.00652. The lowest BCUT2D eigenvalue weighted by molar-refractivity contribution is -0.135. The Morgan fingerprint density at radius 1 is 1.00 bits per heavy atom. The second-order valence-electron chi connectivity index (χ2n) is 7.46. The quantitative estimate of drug-likeness (QED) is 0.833. The average Bonchev–Trinajstić information content (AvgIpc) is 2.94. The van der Waals surface area contributed by atoms with E-state index in [0.29, 0.717) is 38.3 Å². The van der Waals surface area contributed by atoms with Crippen LogP contribution in [-0.4, -0.2) is 57.6 Å². The van der Waals surface area contributed by atoms with Crippen molar-refractivity contribution in [2.24, 2.45) is 5.92 Å². The molecule has 2 heterocycles. The molecule has 0 spiro atoms. The van der Waals surface area contributed by atoms with Crippen LogP contribution in [0, 0.1) is 19.8 Å². The van der Waals surface area contributed by atoms with Crippen molar-refractivity contribution in [1.29, 1.82) is 0 Å². The van der Waals surface area contributed by atoms with E-state index in [1.54, 1.807) is 0 Å². The molecule has 0 N–H and O–H groups in total. The number of piperazine rings is 1. The highest BCUT2D eigenvalue weighted by molar-refractivity contribution is 5.96. The van der Waals surface area contributed by atoms with Gasteiger partial charge >= 0.3 is 0 Å². The van der Waals surface area contributed by atoms with Gasteiger partial charge in [-0.15, -0.1) is 0 Å². The minimum absolute atomic E-state index is 0.00652. The van der Waals surface area contributed by atoms with Gasteiger partial charge in [0.15, 0.2) is 0 Å². The first-order valence-corrected chi connectivity index (χ1v) is 9.54. The van der Waals surface area contributed by atoms with Crippen molar-refractivity contribution >= 4 is 11.8 Å². The van der Waals surface area contributed by atoms with Crippen LogP contribution in [0.25, 0.3) is 0 Å². The van der Waals surface area contributed by atoms with Crippen LogP contribution in [0.4, 0.5) is 0 Å². The van der Waals surface area contributed by atoms with Gasteiger partial charge < -0.3 is 9.80 Å². The molecule has 27 heavy (non-hydrogen) atoms. The van der Waals surface area contributed by atoms with Gasteiger partial charge in [0.05, 0.1) is 17.8 Å². The van der Waals surface area contributed by atoms with Crippen molar-refractivity contribution in [3.63, 3.8) is 0 Å². The number of hydrogen-bond donors (Lipinski definition) is 0. The zero-order valence-corrected chi connectivity index (χ0v) is 16.6. The lowest BCUT2D eigenvalue weighted by Gasteiger charge is -2.35. The fourth-order valence-corrected chi connectivity index (χ4v) is 3.57. The van der Waals surface area contributed by atoms with Crippen LogP contribution in [0.15, 0.2) is 30.3 Å². The van der Waals surface area contributed by atoms with Crippen LogP contribution in [0.3, 0.4) is 0 Å². The molecule has 0 saturated carbocycles. The van der Waals surface area contributed by atoms with Crippen molar-refractivity contribution in [2.75, 3.05) is 26.2 Å². The molecule has 1 fully saturated rings. The lowest BCUT2D eigenvalue weighted by Crippen LogP contribution is -2.51. The average molecular weight is 368 g/mol. The number of carbonyl (C=O) groups is 2. The van der Waals surface area contributed by atoms with Crippen molar-refractivity contribution < 1.29 is 9.59 Å². The number of amides is 2. The molecule has 6 nitrogen and oxygen atoms in total. The van der Waals surface area contributed by atoms with E-state index in [0.717, 1.165) is 17.0 Å². The summed E-state index contributed by atoms with van der Waals surface area (Å²) in [6.45, 7) is 10.6. The maximum Gasteiger partial charge on any atom is 0.257 e. The van der Waals surface area contributed by atoms with Crippen molar-refractivity contribution in [1.82, 2.24) is 19.6 Å². The summed E-state index contributed by atoms with van der Waals surface area (Å²) in [5, 5.41) is 4.59. The largest absolute Gasteiger partial charge is 0.339 e. The summed E-state index contributed by atoms with van der Waals surface area (Å²) >= 11 is 0. The summed E-state index contributed by atoms with van der Waals surface area (Å²) in [7, 11) is 0. The summed E-state index contributed by atoms with van der Waals surface area (Å²) in [6.07, 6.45) is 0. The summed E-state index contributed by atoms with van der Waals surface area (Å²) in [4.78, 5) is 28.9. The molecule has 6 heteroatoms. The van der Waals surface area contributed by atoms with Crippen LogP contribution in [0.2, 0.25) is 0 Å². The van der Waals surface area contributed by atoms with Gasteiger partial charge in [0.1, 0.15) is 0 Å². The molecule has 2 aromatic rings. The number of hydrogen-bond acceptors (Lipinski definition) is 3. The molecular formula is C21H28N4O2. The molecule has 1 aliphatic heterocycles. The number of carbonyl (C=O) groups excluding carboxylic acids is 2. The summed E-state index contributed by atoms with van der Waals surface area (Å²) in [5.74, 6) is 0.166. The van der Waals surface area contributed by atoms with E-state index in [1.165, 1.54) is 0 Å². The predicted octanol–water partition coefficient (Wildman–Crippen LogP) is 2.49. The third kappa shape index (κ3) is 4.04. The maximum atomic E-state index is 13.1. The fraction of sp³-hybridized carbons (Fsp3) is 0.476. The van der Waals surface area contributed by atoms with Crippen molar-refractivity contribution in [3.8, 4) is 0 Å². The first-order chi connectivity index (χ1) is 12.9. The Bertz CT molecular complexity index is 818. The van der Waals surface area contributed by atoms with E-state index >= 15 is 0 Å². The van der Waals surface area contributed by atoms with Gasteiger partial charge in [-0.05, 0) is 19.4 Å². The van der Waals surface area contributed by atoms with Crippen LogP contribution >= 0.6 is 0 Å². The van der Waals surface area contributed by atoms with Crippen LogP contribution in [-0.2, 0) is 11.3 Å². The number of benzene rings is 1. The van der Waals surface area contributed by atoms with Gasteiger partial charge in [-0.25, -0.2) is 0 Å². The first-order valence-electron chi connectivity index (χ1n) is 9.54. The summed E-state index contributed by atoms with van der Waals surface area (Å²) < 4.78 is 1.90. The second-order valence-corrected chi connectivity index (χ2v) is 7.46. The molecule has 3 rings (SSSR count). The summed E-state index contributed by atoms with van der Waals surface area (Å²) in [5.41, 5.74) is 3.49. The van der Waals surface area contributed by atoms with E-state index in [2.05, 4.69) is 17.2 Å². The topological polar surface area (TPSA) is 58.4 Å². The maximum absolute atomic E-state index is 13.1. The second kappa shape index (κ2) is 7.94. The standard InChI is InChI=1S/C21H28N4O2/c1-15(2)20(26)23-10-12-24(13-11-23)21(27)19-16(3)22-25(17(19)4)14-18-8-6-5-7-9-18/h5-9,15H,10-14H2,1-4H3. The Labute approximate surface area is 160 Å². The SMILES string of the molecule is Cc1nn(Cc2ccccc2)c(C)c1C(=O)N1CCN(C(=O)C(C)C)CC1. The number of aromatic nitrogens is 2. The lowest BCUT2D eigenvalue weighted by atomic mass is 10.1. The van der Waals surface area contributed by atoms with E-state index < -0.39 is 0 Å². The van der Waals surface area contributed by atoms with Crippen molar-refractivity contribution in [2.45, 2.75) is 34.2 Å². The third-order valence-electron chi connectivity index (χ3n) is 5.14. The predicted molar refractivity (Wildman–Crippen MR) is 105 cm³/mol. The van der Waals surface area contributed by atoms with Gasteiger partial charge in [-0.1, -0.05) is 44.2 Å². The highest BCUT2D eigenvalue weighted by Crippen LogP contribution is 2.18. The normalized spacial score (nSPS) is 14.7. The molecule has 0 radical (unpaired) electrons. The molecule has 0 atom stereocenters. The van der Waals surface area contributed by atoms with E-state index in [4.69, 9.17) is 0 Å². The van der Waals surface area contributed by atoms with Gasteiger partial charge in [0.25, 0.3) is 5.91 Å². The number of rotatable bonds is 4. The van der Waals surface area contributed by atoms with Gasteiger partial charge in [-0.2, -0.15) is 5.10 Å². The highest BCUT2D eigenvalue weighted by atomic mass is 16.2. The zero-order valence-electron chi connectivity index (χ0n) is 16.6. The molecule has 1 aromatic carbocycles. The van der Waals surface area contributed by atoms with Crippen LogP contribution < -0.4 is 0 Å². The summed E-state index contributed by atoms with van der Waals surface area (Å²) in [6, 6.07) is 10.1. The fourth-order valence-electron chi connectivity index (χ4n) is 3.57. The Morgan fingerprint density at radius 3 is 2.19 bits per heavy atom. The number of aryl methyl sites for hydroxylation is 1. The Hall–Kier alpha value is -2.63. The Morgan fingerprint density at radius 2 is 1.59 bits per heavy atom. The van der Waals surface area contributed by atoms with E-state index in [1.807, 2.05) is 60.4 Å². The van der Waals surface area contributed by atoms with E-state index in [9.17, 15) is 9.59 Å². The van der Waals surface area contributed by atoms with Gasteiger partial charge in [0, 0.05) is 37.8 Å².